The lowest BCUT2D eigenvalue weighted by atomic mass is 9.89. The molecule has 0 aromatic carbocycles. The second-order valence-corrected chi connectivity index (χ2v) is 6.25. The molecule has 0 bridgehead atoms. The Kier molecular flexibility index (Phi) is 3.46. The van der Waals surface area contributed by atoms with E-state index in [0.717, 1.165) is 5.56 Å². The van der Waals surface area contributed by atoms with Gasteiger partial charge >= 0.3 is 7.12 Å². The summed E-state index contributed by atoms with van der Waals surface area (Å²) in [7, 11) is -0.358. The minimum absolute atomic E-state index is 0.326. The van der Waals surface area contributed by atoms with Crippen molar-refractivity contribution in [2.45, 2.75) is 38.9 Å². The summed E-state index contributed by atoms with van der Waals surface area (Å²) < 4.78 is 22.7. The molecule has 6 heteroatoms. The summed E-state index contributed by atoms with van der Waals surface area (Å²) >= 11 is 0. The molecule has 0 unspecified atom stereocenters. The summed E-state index contributed by atoms with van der Waals surface area (Å²) in [6.07, 6.45) is 3.67. The lowest BCUT2D eigenvalue weighted by Gasteiger charge is -2.32. The monoisotopic (exact) mass is 289 g/mol. The summed E-state index contributed by atoms with van der Waals surface area (Å²) in [5.41, 5.74) is 0.272. The van der Waals surface area contributed by atoms with Crippen molar-refractivity contribution in [1.29, 1.82) is 0 Å². The maximum absolute atomic E-state index is 5.91. The Morgan fingerprint density at radius 2 is 1.76 bits per heavy atom. The molecule has 0 spiro atoms. The van der Waals surface area contributed by atoms with Crippen LogP contribution in [0, 0.1) is 0 Å². The van der Waals surface area contributed by atoms with E-state index in [9.17, 15) is 0 Å². The van der Waals surface area contributed by atoms with Crippen molar-refractivity contribution in [3.63, 3.8) is 0 Å². The maximum atomic E-state index is 5.91. The highest BCUT2D eigenvalue weighted by atomic mass is 16.7. The van der Waals surface area contributed by atoms with Gasteiger partial charge in [0.1, 0.15) is 13.2 Å². The molecule has 0 atom stereocenters. The van der Waals surface area contributed by atoms with Crippen LogP contribution in [0.5, 0.6) is 11.6 Å². The molecule has 2 aliphatic heterocycles. The quantitative estimate of drug-likeness (QED) is 0.783. The Morgan fingerprint density at radius 1 is 1.10 bits per heavy atom. The van der Waals surface area contributed by atoms with E-state index in [4.69, 9.17) is 18.8 Å². The van der Waals surface area contributed by atoms with Crippen LogP contribution >= 0.6 is 0 Å². The Balaban J connectivity index is 1.73. The molecule has 5 nitrogen and oxygen atoms in total. The third kappa shape index (κ3) is 2.78. The van der Waals surface area contributed by atoms with Gasteiger partial charge in [0, 0.05) is 6.20 Å². The second kappa shape index (κ2) is 5.03. The zero-order valence-corrected chi connectivity index (χ0v) is 12.9. The predicted molar refractivity (Wildman–Crippen MR) is 80.3 cm³/mol. The largest absolute Gasteiger partial charge is 0.487 e. The van der Waals surface area contributed by atoms with E-state index >= 15 is 0 Å². The Hall–Kier alpha value is -1.53. The first-order valence-corrected chi connectivity index (χ1v) is 7.17. The molecule has 0 saturated carbocycles. The molecule has 3 rings (SSSR count). The fraction of sp³-hybridized carbons (Fsp3) is 0.533. The molecule has 2 aliphatic rings. The minimum Gasteiger partial charge on any atom is -0.484 e. The van der Waals surface area contributed by atoms with E-state index in [0.29, 0.717) is 24.8 Å². The summed E-state index contributed by atoms with van der Waals surface area (Å²) in [4.78, 5) is 4.24. The fourth-order valence-electron chi connectivity index (χ4n) is 2.20. The predicted octanol–water partition coefficient (Wildman–Crippen LogP) is 2.50. The average molecular weight is 289 g/mol. The highest BCUT2D eigenvalue weighted by molar-refractivity contribution is 6.52. The van der Waals surface area contributed by atoms with Gasteiger partial charge in [-0.1, -0.05) is 12.1 Å². The van der Waals surface area contributed by atoms with Gasteiger partial charge < -0.3 is 18.8 Å². The molecule has 3 heterocycles. The molecule has 0 aliphatic carbocycles. The maximum Gasteiger partial charge on any atom is 0.487 e. The van der Waals surface area contributed by atoms with Crippen LogP contribution in [0.15, 0.2) is 18.2 Å². The molecular formula is C15H20BNO4. The second-order valence-electron chi connectivity index (χ2n) is 6.25. The number of aromatic nitrogens is 1. The number of nitrogens with zero attached hydrogens (tertiary/aromatic N) is 1. The highest BCUT2D eigenvalue weighted by Gasteiger charge is 2.49. The molecule has 1 aromatic rings. The van der Waals surface area contributed by atoms with Crippen LogP contribution in [-0.2, 0) is 9.31 Å². The molecule has 0 amide bonds. The molecule has 0 N–H and O–H groups in total. The first-order chi connectivity index (χ1) is 9.87. The Morgan fingerprint density at radius 3 is 2.48 bits per heavy atom. The minimum atomic E-state index is -0.358. The van der Waals surface area contributed by atoms with Gasteiger partial charge in [-0.3, -0.25) is 0 Å². The molecule has 1 fully saturated rings. The number of pyridine rings is 1. The van der Waals surface area contributed by atoms with E-state index in [1.165, 1.54) is 0 Å². The van der Waals surface area contributed by atoms with Gasteiger partial charge in [-0.05, 0) is 39.3 Å². The fourth-order valence-corrected chi connectivity index (χ4v) is 2.20. The third-order valence-corrected chi connectivity index (χ3v) is 4.14. The molecule has 1 aromatic heterocycles. The first-order valence-electron chi connectivity index (χ1n) is 7.17. The van der Waals surface area contributed by atoms with Crippen molar-refractivity contribution >= 4 is 13.2 Å². The third-order valence-electron chi connectivity index (χ3n) is 4.14. The number of fused-ring (bicyclic) bond motifs is 1. The Labute approximate surface area is 125 Å². The van der Waals surface area contributed by atoms with E-state index < -0.39 is 0 Å². The van der Waals surface area contributed by atoms with Crippen molar-refractivity contribution in [3.8, 4) is 11.6 Å². The number of hydrogen-bond donors (Lipinski definition) is 0. The summed E-state index contributed by atoms with van der Waals surface area (Å²) in [5.74, 6) is 3.12. The van der Waals surface area contributed by atoms with Crippen LogP contribution in [0.4, 0.5) is 0 Å². The molecular weight excluding hydrogens is 269 g/mol. The lowest BCUT2D eigenvalue weighted by molar-refractivity contribution is 0.00578. The number of rotatable bonds is 2. The van der Waals surface area contributed by atoms with E-state index in [-0.39, 0.29) is 18.3 Å². The van der Waals surface area contributed by atoms with Crippen molar-refractivity contribution in [2.24, 2.45) is 0 Å². The Bertz CT molecular complexity index is 555. The van der Waals surface area contributed by atoms with Crippen LogP contribution in [0.1, 0.15) is 33.3 Å². The first kappa shape index (κ1) is 14.4. The summed E-state index contributed by atoms with van der Waals surface area (Å²) in [6.45, 7) is 9.24. The summed E-state index contributed by atoms with van der Waals surface area (Å²) in [5, 5.41) is 0. The van der Waals surface area contributed by atoms with Crippen molar-refractivity contribution in [1.82, 2.24) is 4.98 Å². The van der Waals surface area contributed by atoms with Crippen LogP contribution in [0.25, 0.3) is 6.08 Å². The number of ether oxygens (including phenoxy) is 2. The van der Waals surface area contributed by atoms with Gasteiger partial charge in [0.2, 0.25) is 0 Å². The van der Waals surface area contributed by atoms with Crippen LogP contribution in [0.3, 0.4) is 0 Å². The topological polar surface area (TPSA) is 49.8 Å². The average Bonchev–Trinajstić information content (AvgIpc) is 2.64. The van der Waals surface area contributed by atoms with Crippen molar-refractivity contribution in [3.05, 3.63) is 23.8 Å². The number of hydrogen-bond acceptors (Lipinski definition) is 5. The van der Waals surface area contributed by atoms with E-state index in [2.05, 4.69) is 4.98 Å². The lowest BCUT2D eigenvalue weighted by Crippen LogP contribution is -2.41. The normalized spacial score (nSPS) is 22.8. The molecule has 1 saturated heterocycles. The van der Waals surface area contributed by atoms with Crippen LogP contribution in [0.2, 0.25) is 0 Å². The SMILES string of the molecule is CC1(C)OB(/C=C/c2cnc3c(c2)OCCO3)OC1(C)C. The van der Waals surface area contributed by atoms with E-state index in [1.807, 2.05) is 45.8 Å². The van der Waals surface area contributed by atoms with Crippen molar-refractivity contribution in [2.75, 3.05) is 13.2 Å². The van der Waals surface area contributed by atoms with Gasteiger partial charge in [0.05, 0.1) is 11.2 Å². The van der Waals surface area contributed by atoms with E-state index in [1.54, 1.807) is 6.20 Å². The van der Waals surface area contributed by atoms with Gasteiger partial charge in [-0.25, -0.2) is 4.98 Å². The zero-order chi connectivity index (χ0) is 15.1. The standard InChI is InChI=1S/C15H20BNO4/c1-14(2)15(3,4)21-16(20-14)6-5-11-9-12-13(17-10-11)19-8-7-18-12/h5-6,9-10H,7-8H2,1-4H3/b6-5+. The highest BCUT2D eigenvalue weighted by Crippen LogP contribution is 2.37. The van der Waals surface area contributed by atoms with Crippen LogP contribution < -0.4 is 9.47 Å². The van der Waals surface area contributed by atoms with Gasteiger partial charge in [0.25, 0.3) is 5.88 Å². The van der Waals surface area contributed by atoms with Gasteiger partial charge in [-0.15, -0.1) is 0 Å². The van der Waals surface area contributed by atoms with Crippen LogP contribution in [-0.4, -0.2) is 36.5 Å². The summed E-state index contributed by atoms with van der Waals surface area (Å²) in [6, 6.07) is 1.91. The molecule has 21 heavy (non-hydrogen) atoms. The van der Waals surface area contributed by atoms with Crippen molar-refractivity contribution < 1.29 is 18.8 Å². The molecule has 0 radical (unpaired) electrons. The molecule has 112 valence electrons. The smallest absolute Gasteiger partial charge is 0.484 e. The van der Waals surface area contributed by atoms with Gasteiger partial charge in [-0.2, -0.15) is 0 Å². The van der Waals surface area contributed by atoms with Gasteiger partial charge in [0.15, 0.2) is 5.75 Å². The zero-order valence-electron chi connectivity index (χ0n) is 12.9.